The van der Waals surface area contributed by atoms with E-state index >= 15 is 0 Å². The quantitative estimate of drug-likeness (QED) is 0.752. The van der Waals surface area contributed by atoms with E-state index in [1.165, 1.54) is 12.8 Å². The summed E-state index contributed by atoms with van der Waals surface area (Å²) in [7, 11) is 1.63. The number of anilines is 1. The number of carbonyl (C=O) groups excluding carboxylic acids is 1. The van der Waals surface area contributed by atoms with Crippen LogP contribution in [0.25, 0.3) is 5.52 Å². The molecule has 0 atom stereocenters. The zero-order chi connectivity index (χ0) is 18.8. The Morgan fingerprint density at radius 3 is 2.67 bits per heavy atom. The molecule has 3 aromatic rings. The van der Waals surface area contributed by atoms with Gasteiger partial charge in [-0.3, -0.25) is 4.79 Å². The maximum Gasteiger partial charge on any atom is 0.272 e. The summed E-state index contributed by atoms with van der Waals surface area (Å²) in [5, 5.41) is 7.39. The van der Waals surface area contributed by atoms with Crippen LogP contribution < -0.4 is 15.0 Å². The average Bonchev–Trinajstić information content (AvgIpc) is 3.35. The van der Waals surface area contributed by atoms with Gasteiger partial charge in [-0.05, 0) is 37.5 Å². The summed E-state index contributed by atoms with van der Waals surface area (Å²) in [4.78, 5) is 19.5. The number of rotatable bonds is 5. The van der Waals surface area contributed by atoms with Crippen molar-refractivity contribution in [2.45, 2.75) is 26.3 Å². The van der Waals surface area contributed by atoms with Gasteiger partial charge in [-0.25, -0.2) is 9.50 Å². The molecule has 0 radical (unpaired) electrons. The van der Waals surface area contributed by atoms with Crippen LogP contribution in [0, 0.1) is 6.92 Å². The van der Waals surface area contributed by atoms with Gasteiger partial charge in [0.05, 0.1) is 19.0 Å². The van der Waals surface area contributed by atoms with Crippen LogP contribution in [-0.2, 0) is 6.54 Å². The van der Waals surface area contributed by atoms with Gasteiger partial charge in [-0.1, -0.05) is 12.1 Å². The van der Waals surface area contributed by atoms with Crippen molar-refractivity contribution >= 4 is 17.2 Å². The summed E-state index contributed by atoms with van der Waals surface area (Å²) in [6.45, 7) is 4.38. The molecule has 4 rings (SSSR count). The van der Waals surface area contributed by atoms with Crippen molar-refractivity contribution in [3.8, 4) is 5.75 Å². The molecule has 3 heterocycles. The fraction of sp³-hybridized carbons (Fsp3) is 0.350. The summed E-state index contributed by atoms with van der Waals surface area (Å²) in [6, 6.07) is 9.44. The molecule has 1 aromatic carbocycles. The number of nitrogens with one attached hydrogen (secondary N) is 1. The van der Waals surface area contributed by atoms with E-state index < -0.39 is 0 Å². The number of nitrogens with zero attached hydrogens (tertiary/aromatic N) is 4. The Balaban J connectivity index is 1.54. The molecule has 1 N–H and O–H groups in total. The van der Waals surface area contributed by atoms with Crippen molar-refractivity contribution in [3.05, 3.63) is 53.5 Å². The first-order chi connectivity index (χ1) is 13.1. The van der Waals surface area contributed by atoms with Crippen LogP contribution in [0.15, 0.2) is 36.5 Å². The predicted octanol–water partition coefficient (Wildman–Crippen LogP) is 2.58. The lowest BCUT2D eigenvalue weighted by atomic mass is 10.2. The van der Waals surface area contributed by atoms with Crippen molar-refractivity contribution in [2.24, 2.45) is 0 Å². The highest BCUT2D eigenvalue weighted by Crippen LogP contribution is 2.24. The van der Waals surface area contributed by atoms with Crippen LogP contribution in [-0.4, -0.2) is 40.7 Å². The Labute approximate surface area is 158 Å². The number of aromatic nitrogens is 3. The molecule has 1 fully saturated rings. The topological polar surface area (TPSA) is 71.8 Å². The van der Waals surface area contributed by atoms with E-state index in [0.29, 0.717) is 12.2 Å². The Bertz CT molecular complexity index is 958. The average molecular weight is 365 g/mol. The maximum atomic E-state index is 12.6. The molecule has 1 amide bonds. The first-order valence-electron chi connectivity index (χ1n) is 9.17. The van der Waals surface area contributed by atoms with Gasteiger partial charge in [0.15, 0.2) is 11.5 Å². The van der Waals surface area contributed by atoms with Crippen molar-refractivity contribution in [3.63, 3.8) is 0 Å². The number of benzene rings is 1. The van der Waals surface area contributed by atoms with E-state index in [4.69, 9.17) is 4.74 Å². The molecule has 7 nitrogen and oxygen atoms in total. The van der Waals surface area contributed by atoms with Gasteiger partial charge in [0.1, 0.15) is 11.3 Å². The fourth-order valence-corrected chi connectivity index (χ4v) is 3.38. The standard InChI is InChI=1S/C20H23N5O2/c1-14-13-25-18(19(22-14)24-9-3-4-10-24)11-17(23-25)20(26)21-12-15-5-7-16(27-2)8-6-15/h5-8,11,13H,3-4,9-10,12H2,1-2H3,(H,21,26). The SMILES string of the molecule is COc1ccc(CNC(=O)c2cc3c(N4CCCC4)nc(C)cn3n2)cc1. The predicted molar refractivity (Wildman–Crippen MR) is 103 cm³/mol. The van der Waals surface area contributed by atoms with Gasteiger partial charge >= 0.3 is 0 Å². The highest BCUT2D eigenvalue weighted by molar-refractivity contribution is 5.94. The first-order valence-corrected chi connectivity index (χ1v) is 9.17. The van der Waals surface area contributed by atoms with Crippen molar-refractivity contribution < 1.29 is 9.53 Å². The zero-order valence-electron chi connectivity index (χ0n) is 15.6. The fourth-order valence-electron chi connectivity index (χ4n) is 3.38. The Morgan fingerprint density at radius 1 is 1.22 bits per heavy atom. The summed E-state index contributed by atoms with van der Waals surface area (Å²) < 4.78 is 6.91. The van der Waals surface area contributed by atoms with Crippen molar-refractivity contribution in [1.82, 2.24) is 19.9 Å². The van der Waals surface area contributed by atoms with Crippen LogP contribution in [0.1, 0.15) is 34.6 Å². The minimum absolute atomic E-state index is 0.195. The number of hydrogen-bond acceptors (Lipinski definition) is 5. The number of fused-ring (bicyclic) bond motifs is 1. The minimum atomic E-state index is -0.195. The molecule has 0 saturated carbocycles. The molecule has 0 unspecified atom stereocenters. The van der Waals surface area contributed by atoms with E-state index in [0.717, 1.165) is 41.4 Å². The normalized spacial score (nSPS) is 13.9. The van der Waals surface area contributed by atoms with Crippen LogP contribution in [0.3, 0.4) is 0 Å². The van der Waals surface area contributed by atoms with E-state index in [1.54, 1.807) is 11.6 Å². The summed E-state index contributed by atoms with van der Waals surface area (Å²) in [6.07, 6.45) is 4.20. The van der Waals surface area contributed by atoms with Gasteiger partial charge < -0.3 is 15.0 Å². The smallest absolute Gasteiger partial charge is 0.272 e. The second kappa shape index (κ2) is 7.26. The highest BCUT2D eigenvalue weighted by atomic mass is 16.5. The molecule has 0 bridgehead atoms. The summed E-state index contributed by atoms with van der Waals surface area (Å²) in [5.74, 6) is 1.51. The lowest BCUT2D eigenvalue weighted by Gasteiger charge is -2.17. The maximum absolute atomic E-state index is 12.6. The molecule has 2 aromatic heterocycles. The summed E-state index contributed by atoms with van der Waals surface area (Å²) in [5.41, 5.74) is 3.16. The monoisotopic (exact) mass is 365 g/mol. The van der Waals surface area contributed by atoms with Gasteiger partial charge in [0.25, 0.3) is 5.91 Å². The molecule has 140 valence electrons. The lowest BCUT2D eigenvalue weighted by Crippen LogP contribution is -2.23. The second-order valence-corrected chi connectivity index (χ2v) is 6.79. The van der Waals surface area contributed by atoms with E-state index in [1.807, 2.05) is 43.5 Å². The third kappa shape index (κ3) is 3.58. The number of methoxy groups -OCH3 is 1. The van der Waals surface area contributed by atoms with E-state index in [2.05, 4.69) is 20.3 Å². The Kier molecular flexibility index (Phi) is 4.66. The van der Waals surface area contributed by atoms with E-state index in [9.17, 15) is 4.79 Å². The molecular weight excluding hydrogens is 342 g/mol. The number of ether oxygens (including phenoxy) is 1. The Hall–Kier alpha value is -3.09. The first kappa shape index (κ1) is 17.3. The van der Waals surface area contributed by atoms with Gasteiger partial charge in [-0.2, -0.15) is 5.10 Å². The lowest BCUT2D eigenvalue weighted by molar-refractivity contribution is 0.0945. The van der Waals surface area contributed by atoms with Crippen LogP contribution in [0.5, 0.6) is 5.75 Å². The second-order valence-electron chi connectivity index (χ2n) is 6.79. The van der Waals surface area contributed by atoms with Crippen LogP contribution in [0.2, 0.25) is 0 Å². The molecule has 1 saturated heterocycles. The molecule has 7 heteroatoms. The number of amides is 1. The third-order valence-corrected chi connectivity index (χ3v) is 4.81. The number of aryl methyl sites for hydroxylation is 1. The van der Waals surface area contributed by atoms with Crippen LogP contribution in [0.4, 0.5) is 5.82 Å². The van der Waals surface area contributed by atoms with Gasteiger partial charge in [0.2, 0.25) is 0 Å². The molecule has 0 aliphatic carbocycles. The largest absolute Gasteiger partial charge is 0.497 e. The third-order valence-electron chi connectivity index (χ3n) is 4.81. The van der Waals surface area contributed by atoms with Crippen molar-refractivity contribution in [2.75, 3.05) is 25.1 Å². The summed E-state index contributed by atoms with van der Waals surface area (Å²) >= 11 is 0. The number of hydrogen-bond donors (Lipinski definition) is 1. The Morgan fingerprint density at radius 2 is 1.96 bits per heavy atom. The molecule has 1 aliphatic rings. The van der Waals surface area contributed by atoms with Crippen molar-refractivity contribution in [1.29, 1.82) is 0 Å². The number of carbonyl (C=O) groups is 1. The van der Waals surface area contributed by atoms with Crippen LogP contribution >= 0.6 is 0 Å². The minimum Gasteiger partial charge on any atom is -0.497 e. The molecule has 27 heavy (non-hydrogen) atoms. The van der Waals surface area contributed by atoms with Gasteiger partial charge in [-0.15, -0.1) is 0 Å². The van der Waals surface area contributed by atoms with E-state index in [-0.39, 0.29) is 5.91 Å². The van der Waals surface area contributed by atoms with Gasteiger partial charge in [0, 0.05) is 25.7 Å². The zero-order valence-corrected chi connectivity index (χ0v) is 15.6. The molecule has 1 aliphatic heterocycles. The molecule has 0 spiro atoms. The highest BCUT2D eigenvalue weighted by Gasteiger charge is 2.20. The molecular formula is C20H23N5O2.